The molecule has 0 atom stereocenters. The summed E-state index contributed by atoms with van der Waals surface area (Å²) in [6.07, 6.45) is 8.11. The zero-order chi connectivity index (χ0) is 14.6. The molecule has 0 spiro atoms. The van der Waals surface area contributed by atoms with E-state index in [1.807, 2.05) is 0 Å². The topological polar surface area (TPSA) is 65.4 Å². The van der Waals surface area contributed by atoms with Crippen molar-refractivity contribution in [1.29, 1.82) is 0 Å². The second-order valence-electron chi connectivity index (χ2n) is 6.02. The third-order valence-electron chi connectivity index (χ3n) is 4.82. The van der Waals surface area contributed by atoms with Crippen molar-refractivity contribution in [3.05, 3.63) is 23.0 Å². The van der Waals surface area contributed by atoms with Gasteiger partial charge in [-0.25, -0.2) is 0 Å². The maximum atomic E-state index is 10.1. The van der Waals surface area contributed by atoms with Crippen LogP contribution in [-0.4, -0.2) is 21.7 Å². The molecular formula is C16H26N2O2. The minimum Gasteiger partial charge on any atom is -0.506 e. The summed E-state index contributed by atoms with van der Waals surface area (Å²) in [4.78, 5) is 4.09. The highest BCUT2D eigenvalue weighted by Gasteiger charge is 2.31. The van der Waals surface area contributed by atoms with E-state index in [9.17, 15) is 10.2 Å². The Bertz CT molecular complexity index is 454. The monoisotopic (exact) mass is 278 g/mol. The van der Waals surface area contributed by atoms with Crippen LogP contribution in [0.2, 0.25) is 0 Å². The molecule has 2 rings (SSSR count). The number of aromatic nitrogens is 1. The summed E-state index contributed by atoms with van der Waals surface area (Å²) in [7, 11) is 0. The first-order valence-electron chi connectivity index (χ1n) is 7.60. The Balaban J connectivity index is 2.02. The van der Waals surface area contributed by atoms with Crippen LogP contribution in [0.1, 0.15) is 55.8 Å². The summed E-state index contributed by atoms with van der Waals surface area (Å²) in [5.41, 5.74) is 2.53. The lowest BCUT2D eigenvalue weighted by molar-refractivity contribution is 0.264. The SMILES string of the molecule is CCC1(CNCc2c(CO)cnc(C)c2O)CCCC1. The number of nitrogens with one attached hydrogen (secondary N) is 1. The summed E-state index contributed by atoms with van der Waals surface area (Å²) < 4.78 is 0. The predicted molar refractivity (Wildman–Crippen MR) is 79.5 cm³/mol. The quantitative estimate of drug-likeness (QED) is 0.748. The number of hydrogen-bond acceptors (Lipinski definition) is 4. The number of nitrogens with zero attached hydrogens (tertiary/aromatic N) is 1. The van der Waals surface area contributed by atoms with Crippen molar-refractivity contribution in [2.24, 2.45) is 5.41 Å². The smallest absolute Gasteiger partial charge is 0.141 e. The molecule has 0 unspecified atom stereocenters. The molecular weight excluding hydrogens is 252 g/mol. The second-order valence-corrected chi connectivity index (χ2v) is 6.02. The van der Waals surface area contributed by atoms with Crippen LogP contribution < -0.4 is 5.32 Å². The minimum absolute atomic E-state index is 0.0865. The predicted octanol–water partition coefficient (Wildman–Crippen LogP) is 2.65. The fourth-order valence-electron chi connectivity index (χ4n) is 3.25. The summed E-state index contributed by atoms with van der Waals surface area (Å²) in [6, 6.07) is 0. The molecule has 4 nitrogen and oxygen atoms in total. The zero-order valence-corrected chi connectivity index (χ0v) is 12.6. The summed E-state index contributed by atoms with van der Waals surface area (Å²) in [5, 5.41) is 23.0. The lowest BCUT2D eigenvalue weighted by atomic mass is 9.83. The Kier molecular flexibility index (Phi) is 5.00. The molecule has 0 radical (unpaired) electrons. The molecule has 4 heteroatoms. The van der Waals surface area contributed by atoms with Crippen LogP contribution in [0.25, 0.3) is 0 Å². The fourth-order valence-corrected chi connectivity index (χ4v) is 3.25. The van der Waals surface area contributed by atoms with Gasteiger partial charge >= 0.3 is 0 Å². The van der Waals surface area contributed by atoms with Crippen LogP contribution in [0, 0.1) is 12.3 Å². The Morgan fingerprint density at radius 3 is 2.65 bits per heavy atom. The molecule has 112 valence electrons. The van der Waals surface area contributed by atoms with Gasteiger partial charge < -0.3 is 15.5 Å². The van der Waals surface area contributed by atoms with E-state index in [0.29, 0.717) is 23.2 Å². The maximum absolute atomic E-state index is 10.1. The van der Waals surface area contributed by atoms with E-state index in [0.717, 1.165) is 12.1 Å². The zero-order valence-electron chi connectivity index (χ0n) is 12.6. The summed E-state index contributed by atoms with van der Waals surface area (Å²) >= 11 is 0. The molecule has 1 saturated carbocycles. The largest absolute Gasteiger partial charge is 0.506 e. The van der Waals surface area contributed by atoms with Gasteiger partial charge in [0, 0.05) is 30.4 Å². The van der Waals surface area contributed by atoms with Gasteiger partial charge in [-0.3, -0.25) is 4.98 Å². The van der Waals surface area contributed by atoms with Crippen LogP contribution >= 0.6 is 0 Å². The molecule has 20 heavy (non-hydrogen) atoms. The third-order valence-corrected chi connectivity index (χ3v) is 4.82. The van der Waals surface area contributed by atoms with E-state index in [4.69, 9.17) is 0 Å². The van der Waals surface area contributed by atoms with Gasteiger partial charge in [0.15, 0.2) is 0 Å². The maximum Gasteiger partial charge on any atom is 0.141 e. The first-order valence-corrected chi connectivity index (χ1v) is 7.60. The molecule has 1 heterocycles. The van der Waals surface area contributed by atoms with Crippen LogP contribution in [0.5, 0.6) is 5.75 Å². The molecule has 1 aliphatic carbocycles. The highest BCUT2D eigenvalue weighted by Crippen LogP contribution is 2.40. The second kappa shape index (κ2) is 6.55. The lowest BCUT2D eigenvalue weighted by Gasteiger charge is -2.28. The molecule has 0 aromatic carbocycles. The Morgan fingerprint density at radius 2 is 2.05 bits per heavy atom. The van der Waals surface area contributed by atoms with E-state index >= 15 is 0 Å². The molecule has 0 saturated heterocycles. The van der Waals surface area contributed by atoms with Crippen LogP contribution in [0.3, 0.4) is 0 Å². The van der Waals surface area contributed by atoms with Crippen LogP contribution in [-0.2, 0) is 13.2 Å². The van der Waals surface area contributed by atoms with E-state index < -0.39 is 0 Å². The van der Waals surface area contributed by atoms with Gasteiger partial charge in [-0.05, 0) is 31.6 Å². The molecule has 1 aromatic rings. The molecule has 1 aromatic heterocycles. The number of aliphatic hydroxyl groups is 1. The van der Waals surface area contributed by atoms with E-state index in [1.165, 1.54) is 32.1 Å². The van der Waals surface area contributed by atoms with Gasteiger partial charge in [-0.2, -0.15) is 0 Å². The highest BCUT2D eigenvalue weighted by atomic mass is 16.3. The van der Waals surface area contributed by atoms with E-state index in [-0.39, 0.29) is 12.4 Å². The van der Waals surface area contributed by atoms with Gasteiger partial charge in [-0.15, -0.1) is 0 Å². The van der Waals surface area contributed by atoms with Crippen molar-refractivity contribution in [1.82, 2.24) is 10.3 Å². The van der Waals surface area contributed by atoms with Crippen LogP contribution in [0.4, 0.5) is 0 Å². The van der Waals surface area contributed by atoms with Crippen molar-refractivity contribution < 1.29 is 10.2 Å². The number of aryl methyl sites for hydroxylation is 1. The average molecular weight is 278 g/mol. The summed E-state index contributed by atoms with van der Waals surface area (Å²) in [5.74, 6) is 0.209. The molecule has 1 fully saturated rings. The first-order chi connectivity index (χ1) is 9.62. The number of aliphatic hydroxyl groups excluding tert-OH is 1. The van der Waals surface area contributed by atoms with Crippen molar-refractivity contribution >= 4 is 0 Å². The van der Waals surface area contributed by atoms with Gasteiger partial charge in [0.25, 0.3) is 0 Å². The Morgan fingerprint density at radius 1 is 1.35 bits per heavy atom. The first kappa shape index (κ1) is 15.3. The molecule has 1 aliphatic rings. The van der Waals surface area contributed by atoms with E-state index in [1.54, 1.807) is 13.1 Å². The number of rotatable bonds is 6. The average Bonchev–Trinajstić information content (AvgIpc) is 2.93. The van der Waals surface area contributed by atoms with Gasteiger partial charge in [-0.1, -0.05) is 19.8 Å². The van der Waals surface area contributed by atoms with Crippen molar-refractivity contribution in [3.8, 4) is 5.75 Å². The van der Waals surface area contributed by atoms with Crippen LogP contribution in [0.15, 0.2) is 6.20 Å². The number of aromatic hydroxyl groups is 1. The molecule has 0 bridgehead atoms. The van der Waals surface area contributed by atoms with Crippen molar-refractivity contribution in [2.45, 2.75) is 59.1 Å². The van der Waals surface area contributed by atoms with Crippen molar-refractivity contribution in [3.63, 3.8) is 0 Å². The minimum atomic E-state index is -0.0865. The molecule has 3 N–H and O–H groups in total. The lowest BCUT2D eigenvalue weighted by Crippen LogP contribution is -2.31. The van der Waals surface area contributed by atoms with E-state index in [2.05, 4.69) is 17.2 Å². The molecule has 0 aliphatic heterocycles. The number of pyridine rings is 1. The van der Waals surface area contributed by atoms with Gasteiger partial charge in [0.05, 0.1) is 12.3 Å². The summed E-state index contributed by atoms with van der Waals surface area (Å²) in [6.45, 7) is 5.53. The van der Waals surface area contributed by atoms with Gasteiger partial charge in [0.1, 0.15) is 5.75 Å². The number of hydrogen-bond donors (Lipinski definition) is 3. The fraction of sp³-hybridized carbons (Fsp3) is 0.688. The Labute approximate surface area is 121 Å². The standard InChI is InChI=1S/C16H26N2O2/c1-3-16(6-4-5-7-16)11-17-9-14-13(10-19)8-18-12(2)15(14)20/h8,17,19-20H,3-7,9-11H2,1-2H3. The molecule has 0 amide bonds. The Hall–Kier alpha value is -1.13. The third kappa shape index (κ3) is 3.13. The van der Waals surface area contributed by atoms with Crippen molar-refractivity contribution in [2.75, 3.05) is 6.54 Å². The normalized spacial score (nSPS) is 17.6. The highest BCUT2D eigenvalue weighted by molar-refractivity contribution is 5.40. The van der Waals surface area contributed by atoms with Gasteiger partial charge in [0.2, 0.25) is 0 Å².